The van der Waals surface area contributed by atoms with Crippen LogP contribution in [0.1, 0.15) is 30.7 Å². The van der Waals surface area contributed by atoms with E-state index >= 15 is 0 Å². The second-order valence-electron chi connectivity index (χ2n) is 5.46. The summed E-state index contributed by atoms with van der Waals surface area (Å²) in [7, 11) is 0. The number of benzene rings is 1. The fourth-order valence-corrected chi connectivity index (χ4v) is 2.72. The first-order valence-corrected chi connectivity index (χ1v) is 7.30. The minimum Gasteiger partial charge on any atom is -0.396 e. The van der Waals surface area contributed by atoms with Gasteiger partial charge in [-0.2, -0.15) is 0 Å². The third kappa shape index (κ3) is 3.70. The number of allylic oxidation sites excluding steroid dienone is 1. The van der Waals surface area contributed by atoms with E-state index in [4.69, 9.17) is 5.11 Å². The second kappa shape index (κ2) is 7.25. The molecule has 108 valence electrons. The van der Waals surface area contributed by atoms with Crippen LogP contribution in [-0.4, -0.2) is 35.6 Å². The second-order valence-corrected chi connectivity index (χ2v) is 5.46. The summed E-state index contributed by atoms with van der Waals surface area (Å²) in [6, 6.07) is 10.0. The minimum atomic E-state index is 0.0827. The van der Waals surface area contributed by atoms with Crippen LogP contribution in [0.2, 0.25) is 0 Å². The smallest absolute Gasteiger partial charge is 0.223 e. The number of nitrogens with zero attached hydrogens (tertiary/aromatic N) is 1. The highest BCUT2D eigenvalue weighted by molar-refractivity contribution is 5.77. The van der Waals surface area contributed by atoms with Crippen LogP contribution in [0.25, 0.3) is 0 Å². The molecule has 0 aliphatic carbocycles. The number of carbonyl (C=O) groups excluding carboxylic acids is 1. The summed E-state index contributed by atoms with van der Waals surface area (Å²) in [5.74, 6) is 0.637. The van der Waals surface area contributed by atoms with Gasteiger partial charge in [-0.3, -0.25) is 4.79 Å². The van der Waals surface area contributed by atoms with Crippen molar-refractivity contribution in [2.75, 3.05) is 19.7 Å². The van der Waals surface area contributed by atoms with Crippen molar-refractivity contribution >= 4 is 5.91 Å². The lowest BCUT2D eigenvalue weighted by molar-refractivity contribution is -0.133. The van der Waals surface area contributed by atoms with E-state index in [1.165, 1.54) is 0 Å². The van der Waals surface area contributed by atoms with Crippen LogP contribution in [0.5, 0.6) is 0 Å². The molecule has 1 fully saturated rings. The van der Waals surface area contributed by atoms with Crippen molar-refractivity contribution in [3.05, 3.63) is 48.6 Å². The molecule has 2 rings (SSSR count). The normalized spacial score (nSPS) is 17.8. The van der Waals surface area contributed by atoms with Gasteiger partial charge in [0.2, 0.25) is 5.91 Å². The zero-order chi connectivity index (χ0) is 14.4. The molecule has 1 atom stereocenters. The summed E-state index contributed by atoms with van der Waals surface area (Å²) < 4.78 is 0. The van der Waals surface area contributed by atoms with E-state index in [1.54, 1.807) is 0 Å². The average Bonchev–Trinajstić information content (AvgIpc) is 2.53. The number of hydrogen-bond acceptors (Lipinski definition) is 2. The van der Waals surface area contributed by atoms with Gasteiger partial charge in [0.1, 0.15) is 0 Å². The van der Waals surface area contributed by atoms with Gasteiger partial charge in [0.15, 0.2) is 0 Å². The number of amides is 1. The van der Waals surface area contributed by atoms with Crippen LogP contribution in [-0.2, 0) is 4.79 Å². The summed E-state index contributed by atoms with van der Waals surface area (Å²) in [6.07, 6.45) is 4.16. The summed E-state index contributed by atoms with van der Waals surface area (Å²) in [5.41, 5.74) is 1.14. The van der Waals surface area contributed by atoms with Gasteiger partial charge in [0.05, 0.1) is 0 Å². The van der Waals surface area contributed by atoms with Crippen LogP contribution < -0.4 is 0 Å². The first-order valence-electron chi connectivity index (χ1n) is 7.30. The maximum absolute atomic E-state index is 12.4. The van der Waals surface area contributed by atoms with Crippen LogP contribution in [0.3, 0.4) is 0 Å². The number of likely N-dealkylation sites (tertiary alicyclic amines) is 1. The molecule has 1 aliphatic rings. The monoisotopic (exact) mass is 273 g/mol. The molecular formula is C17H23NO2. The number of piperidine rings is 1. The lowest BCUT2D eigenvalue weighted by Crippen LogP contribution is -2.39. The molecule has 0 aromatic heterocycles. The van der Waals surface area contributed by atoms with Crippen LogP contribution in [0.4, 0.5) is 0 Å². The topological polar surface area (TPSA) is 40.5 Å². The Morgan fingerprint density at radius 2 is 2.00 bits per heavy atom. The zero-order valence-electron chi connectivity index (χ0n) is 11.9. The van der Waals surface area contributed by atoms with Gasteiger partial charge in [-0.05, 0) is 24.3 Å². The molecule has 1 aliphatic heterocycles. The number of rotatable bonds is 5. The Morgan fingerprint density at radius 3 is 2.55 bits per heavy atom. The minimum absolute atomic E-state index is 0.0827. The van der Waals surface area contributed by atoms with Crippen LogP contribution in [0.15, 0.2) is 43.0 Å². The highest BCUT2D eigenvalue weighted by Crippen LogP contribution is 2.23. The Labute approximate surface area is 120 Å². The summed E-state index contributed by atoms with van der Waals surface area (Å²) in [5, 5.41) is 9.13. The number of hydrogen-bond donors (Lipinski definition) is 1. The third-order valence-corrected chi connectivity index (χ3v) is 4.13. The Balaban J connectivity index is 1.92. The molecule has 0 bridgehead atoms. The van der Waals surface area contributed by atoms with Gasteiger partial charge in [-0.15, -0.1) is 6.58 Å². The molecule has 0 saturated carbocycles. The predicted molar refractivity (Wildman–Crippen MR) is 80.4 cm³/mol. The number of carbonyl (C=O) groups is 1. The molecule has 3 nitrogen and oxygen atoms in total. The van der Waals surface area contributed by atoms with E-state index in [-0.39, 0.29) is 18.4 Å². The van der Waals surface area contributed by atoms with E-state index < -0.39 is 0 Å². The van der Waals surface area contributed by atoms with Gasteiger partial charge in [0.25, 0.3) is 0 Å². The maximum atomic E-state index is 12.4. The maximum Gasteiger partial charge on any atom is 0.223 e. The summed E-state index contributed by atoms with van der Waals surface area (Å²) in [4.78, 5) is 14.3. The Kier molecular flexibility index (Phi) is 5.36. The molecule has 1 unspecified atom stereocenters. The average molecular weight is 273 g/mol. The Hall–Kier alpha value is -1.61. The third-order valence-electron chi connectivity index (χ3n) is 4.13. The first kappa shape index (κ1) is 14.8. The first-order chi connectivity index (χ1) is 9.74. The van der Waals surface area contributed by atoms with Crippen molar-refractivity contribution in [1.29, 1.82) is 0 Å². The number of aliphatic hydroxyl groups excluding tert-OH is 1. The fourth-order valence-electron chi connectivity index (χ4n) is 2.72. The van der Waals surface area contributed by atoms with Crippen molar-refractivity contribution in [2.24, 2.45) is 5.92 Å². The summed E-state index contributed by atoms with van der Waals surface area (Å²) >= 11 is 0. The highest BCUT2D eigenvalue weighted by atomic mass is 16.3. The van der Waals surface area contributed by atoms with Crippen molar-refractivity contribution in [2.45, 2.75) is 25.2 Å². The van der Waals surface area contributed by atoms with Crippen LogP contribution >= 0.6 is 0 Å². The van der Waals surface area contributed by atoms with Crippen molar-refractivity contribution in [1.82, 2.24) is 4.90 Å². The van der Waals surface area contributed by atoms with Gasteiger partial charge < -0.3 is 10.0 Å². The predicted octanol–water partition coefficient (Wildman–Crippen LogP) is 2.58. The largest absolute Gasteiger partial charge is 0.396 e. The molecule has 1 saturated heterocycles. The van der Waals surface area contributed by atoms with Gasteiger partial charge >= 0.3 is 0 Å². The summed E-state index contributed by atoms with van der Waals surface area (Å²) in [6.45, 7) is 5.63. The standard InChI is InChI=1S/C17H23NO2/c1-2-15(16-6-4-3-5-7-16)12-17(20)18-10-8-14(13-19)9-11-18/h2-7,14-15,19H,1,8-13H2. The highest BCUT2D eigenvalue weighted by Gasteiger charge is 2.23. The number of aliphatic hydroxyl groups is 1. The Morgan fingerprint density at radius 1 is 1.35 bits per heavy atom. The molecule has 0 spiro atoms. The van der Waals surface area contributed by atoms with Crippen molar-refractivity contribution in [3.63, 3.8) is 0 Å². The zero-order valence-corrected chi connectivity index (χ0v) is 11.9. The molecule has 1 aromatic carbocycles. The van der Waals surface area contributed by atoms with E-state index in [9.17, 15) is 4.79 Å². The van der Waals surface area contributed by atoms with E-state index in [0.717, 1.165) is 31.5 Å². The SMILES string of the molecule is C=CC(CC(=O)N1CCC(CO)CC1)c1ccccc1. The van der Waals surface area contributed by atoms with Crippen LogP contribution in [0, 0.1) is 5.92 Å². The van der Waals surface area contributed by atoms with E-state index in [1.807, 2.05) is 41.3 Å². The lowest BCUT2D eigenvalue weighted by atomic mass is 9.93. The van der Waals surface area contributed by atoms with Gasteiger partial charge in [0, 0.05) is 32.0 Å². The molecule has 3 heteroatoms. The molecule has 1 amide bonds. The lowest BCUT2D eigenvalue weighted by Gasteiger charge is -2.32. The van der Waals surface area contributed by atoms with E-state index in [0.29, 0.717) is 12.3 Å². The van der Waals surface area contributed by atoms with E-state index in [2.05, 4.69) is 6.58 Å². The molecule has 1 N–H and O–H groups in total. The molecule has 0 radical (unpaired) electrons. The van der Waals surface area contributed by atoms with Crippen molar-refractivity contribution < 1.29 is 9.90 Å². The molecule has 1 heterocycles. The molecule has 1 aromatic rings. The fraction of sp³-hybridized carbons (Fsp3) is 0.471. The molecule has 20 heavy (non-hydrogen) atoms. The van der Waals surface area contributed by atoms with Crippen molar-refractivity contribution in [3.8, 4) is 0 Å². The quantitative estimate of drug-likeness (QED) is 0.838. The molecular weight excluding hydrogens is 250 g/mol. The van der Waals surface area contributed by atoms with Gasteiger partial charge in [-0.1, -0.05) is 36.4 Å². The Bertz CT molecular complexity index is 436. The van der Waals surface area contributed by atoms with Gasteiger partial charge in [-0.25, -0.2) is 0 Å².